The average Bonchev–Trinajstić information content (AvgIpc) is 3.71. The van der Waals surface area contributed by atoms with E-state index in [0.717, 1.165) is 24.0 Å². The summed E-state index contributed by atoms with van der Waals surface area (Å²) in [5.41, 5.74) is 8.36. The third kappa shape index (κ3) is 14.5. The summed E-state index contributed by atoms with van der Waals surface area (Å²) in [5.74, 6) is -1.91. The first-order chi connectivity index (χ1) is 29.3. The molecule has 0 spiro atoms. The number of likely N-dealkylation sites (tertiary alicyclic amines) is 1. The van der Waals surface area contributed by atoms with Crippen LogP contribution in [-0.2, 0) is 46.4 Å². The summed E-state index contributed by atoms with van der Waals surface area (Å²) in [6.07, 6.45) is 1.37. The Morgan fingerprint density at radius 1 is 0.823 bits per heavy atom. The largest absolute Gasteiger partial charge is 0.399 e. The number of nitrogens with zero attached hydrogens (tertiary/aromatic N) is 3. The number of likely N-dealkylation sites (N-methyl/N-ethyl adjacent to an activating group) is 2. The van der Waals surface area contributed by atoms with Crippen LogP contribution in [0.1, 0.15) is 91.7 Å². The monoisotopic (exact) mass is 864 g/mol. The van der Waals surface area contributed by atoms with Gasteiger partial charge in [0.15, 0.2) is 0 Å². The van der Waals surface area contributed by atoms with Crippen LogP contribution in [0.5, 0.6) is 0 Å². The molecule has 0 bridgehead atoms. The number of ether oxygens (including phenoxy) is 2. The topological polar surface area (TPSA) is 176 Å². The molecule has 5 N–H and O–H groups in total. The summed E-state index contributed by atoms with van der Waals surface area (Å²) in [5, 5.41) is 9.15. The van der Waals surface area contributed by atoms with E-state index in [0.29, 0.717) is 31.6 Å². The number of nitrogen functional groups attached to an aromatic ring is 1. The van der Waals surface area contributed by atoms with Crippen LogP contribution < -0.4 is 21.7 Å². The highest BCUT2D eigenvalue weighted by Crippen LogP contribution is 2.30. The minimum absolute atomic E-state index is 0.00994. The van der Waals surface area contributed by atoms with Crippen molar-refractivity contribution in [3.63, 3.8) is 0 Å². The Hall–Kier alpha value is -4.53. The fourth-order valence-electron chi connectivity index (χ4n) is 8.95. The van der Waals surface area contributed by atoms with Gasteiger partial charge in [-0.3, -0.25) is 28.9 Å². The van der Waals surface area contributed by atoms with Gasteiger partial charge in [0, 0.05) is 52.5 Å². The Balaban J connectivity index is 1.77. The van der Waals surface area contributed by atoms with Gasteiger partial charge < -0.3 is 41.0 Å². The summed E-state index contributed by atoms with van der Waals surface area (Å²) < 4.78 is 12.1. The summed E-state index contributed by atoms with van der Waals surface area (Å²) in [7, 11) is 8.57. The van der Waals surface area contributed by atoms with Crippen molar-refractivity contribution in [3.8, 4) is 0 Å². The van der Waals surface area contributed by atoms with Crippen LogP contribution in [0.25, 0.3) is 0 Å². The molecule has 1 aliphatic rings. The van der Waals surface area contributed by atoms with Crippen LogP contribution in [0.2, 0.25) is 0 Å². The number of benzene rings is 2. The first-order valence-corrected chi connectivity index (χ1v) is 22.4. The fraction of sp³-hybridized carbons (Fsp3) is 0.646. The molecule has 1 heterocycles. The Morgan fingerprint density at radius 3 is 2.02 bits per heavy atom. The quantitative estimate of drug-likeness (QED) is 0.110. The zero-order valence-electron chi connectivity index (χ0n) is 39.5. The van der Waals surface area contributed by atoms with E-state index in [4.69, 9.17) is 15.2 Å². The van der Waals surface area contributed by atoms with Crippen molar-refractivity contribution in [2.45, 2.75) is 136 Å². The van der Waals surface area contributed by atoms with E-state index >= 15 is 0 Å². The molecule has 14 nitrogen and oxygen atoms in total. The maximum atomic E-state index is 14.4. The molecule has 2 aromatic rings. The Labute approximate surface area is 371 Å². The predicted octanol–water partition coefficient (Wildman–Crippen LogP) is 4.65. The van der Waals surface area contributed by atoms with Gasteiger partial charge in [-0.25, -0.2) is 0 Å². The highest BCUT2D eigenvalue weighted by molar-refractivity contribution is 5.90. The number of amides is 5. The molecule has 1 fully saturated rings. The van der Waals surface area contributed by atoms with E-state index in [-0.39, 0.29) is 66.2 Å². The minimum atomic E-state index is -0.775. The van der Waals surface area contributed by atoms with Crippen LogP contribution in [0, 0.1) is 23.7 Å². The van der Waals surface area contributed by atoms with E-state index < -0.39 is 42.3 Å². The summed E-state index contributed by atoms with van der Waals surface area (Å²) >= 11 is 0. The molecule has 1 aliphatic heterocycles. The molecule has 0 radical (unpaired) electrons. The van der Waals surface area contributed by atoms with E-state index in [2.05, 4.69) is 16.0 Å². The lowest BCUT2D eigenvalue weighted by molar-refractivity contribution is -0.148. The Morgan fingerprint density at radius 2 is 1.47 bits per heavy atom. The molecule has 0 aromatic heterocycles. The molecule has 5 amide bonds. The number of nitrogens with two attached hydrogens (primary N) is 1. The molecule has 62 heavy (non-hydrogen) atoms. The van der Waals surface area contributed by atoms with Crippen LogP contribution in [-0.4, -0.2) is 129 Å². The first kappa shape index (κ1) is 51.8. The smallest absolute Gasteiger partial charge is 0.245 e. The van der Waals surface area contributed by atoms with Gasteiger partial charge in [0.25, 0.3) is 0 Å². The number of hydrogen-bond acceptors (Lipinski definition) is 9. The van der Waals surface area contributed by atoms with Crippen LogP contribution >= 0.6 is 0 Å². The van der Waals surface area contributed by atoms with E-state index in [9.17, 15) is 24.0 Å². The summed E-state index contributed by atoms with van der Waals surface area (Å²) in [6.45, 7) is 14.5. The van der Waals surface area contributed by atoms with E-state index in [1.807, 2.05) is 103 Å². The number of hydrogen-bond donors (Lipinski definition) is 4. The fourth-order valence-corrected chi connectivity index (χ4v) is 8.95. The SMILES string of the molecule is CCC(C)[C@@H]([C@@H](CC(=O)N1CCC[C@H]1[C@H](OC)[C@@H](C)C(=O)N[C@H](CC(=O)NCc1ccc(N)cc1)Cc1ccccc1)OC)N(C)C(=O)[C@@H](NC(=O)[C@H](C(C)C)N(C)C)C(C)C. The second-order valence-corrected chi connectivity index (χ2v) is 18.1. The van der Waals surface area contributed by atoms with Gasteiger partial charge in [-0.15, -0.1) is 0 Å². The number of nitrogens with one attached hydrogen (secondary N) is 3. The summed E-state index contributed by atoms with van der Waals surface area (Å²) in [6, 6.07) is 14.5. The van der Waals surface area contributed by atoms with Crippen molar-refractivity contribution < 1.29 is 33.4 Å². The lowest BCUT2D eigenvalue weighted by Gasteiger charge is -2.41. The third-order valence-electron chi connectivity index (χ3n) is 12.5. The third-order valence-corrected chi connectivity index (χ3v) is 12.5. The minimum Gasteiger partial charge on any atom is -0.399 e. The van der Waals surface area contributed by atoms with Gasteiger partial charge in [0.2, 0.25) is 29.5 Å². The molecule has 14 heteroatoms. The lowest BCUT2D eigenvalue weighted by atomic mass is 9.89. The Bertz CT molecular complexity index is 1720. The van der Waals surface area contributed by atoms with E-state index in [1.54, 1.807) is 50.1 Å². The normalized spacial score (nSPS) is 18.0. The van der Waals surface area contributed by atoms with Gasteiger partial charge in [-0.2, -0.15) is 0 Å². The van der Waals surface area contributed by atoms with Crippen molar-refractivity contribution in [1.29, 1.82) is 0 Å². The molecule has 0 aliphatic carbocycles. The number of methoxy groups -OCH3 is 2. The molecule has 1 saturated heterocycles. The molecule has 2 aromatic carbocycles. The number of rotatable bonds is 24. The molecule has 0 saturated carbocycles. The maximum absolute atomic E-state index is 14.4. The molecular formula is C48H77N7O7. The van der Waals surface area contributed by atoms with Crippen molar-refractivity contribution in [1.82, 2.24) is 30.7 Å². The average molecular weight is 864 g/mol. The zero-order chi connectivity index (χ0) is 46.3. The van der Waals surface area contributed by atoms with Crippen molar-refractivity contribution in [2.75, 3.05) is 47.6 Å². The van der Waals surface area contributed by atoms with E-state index in [1.165, 1.54) is 0 Å². The standard InChI is InChI=1S/C48H77N7O7/c1-13-32(6)44(54(10)48(60)42(30(2)3)52-47(59)43(31(4)5)53(8)9)39(61-11)28-41(57)55-25-17-20-38(55)45(62-12)33(7)46(58)51-37(26-34-18-15-14-16-19-34)27-40(56)50-29-35-21-23-36(49)24-22-35/h14-16,18-19,21-24,30-33,37-39,42-45H,13,17,20,25-29,49H2,1-12H3,(H,50,56)(H,51,58)(H,52,59)/t32?,33-,37+,38+,39-,42+,43+,44+,45-/m1/s1. The molecule has 1 unspecified atom stereocenters. The first-order valence-electron chi connectivity index (χ1n) is 22.4. The number of carbonyl (C=O) groups is 5. The Kier molecular flexibility index (Phi) is 20.8. The highest BCUT2D eigenvalue weighted by atomic mass is 16.5. The maximum Gasteiger partial charge on any atom is 0.245 e. The lowest BCUT2D eigenvalue weighted by Crippen LogP contribution is -2.59. The van der Waals surface area contributed by atoms with Gasteiger partial charge in [-0.1, -0.05) is 97.4 Å². The van der Waals surface area contributed by atoms with Crippen LogP contribution in [0.3, 0.4) is 0 Å². The highest BCUT2D eigenvalue weighted by Gasteiger charge is 2.43. The molecular weight excluding hydrogens is 787 g/mol. The molecule has 9 atom stereocenters. The van der Waals surface area contributed by atoms with Crippen molar-refractivity contribution >= 4 is 35.2 Å². The molecule has 3 rings (SSSR count). The van der Waals surface area contributed by atoms with Gasteiger partial charge in [0.1, 0.15) is 6.04 Å². The summed E-state index contributed by atoms with van der Waals surface area (Å²) in [4.78, 5) is 74.9. The van der Waals surface area contributed by atoms with Gasteiger partial charge >= 0.3 is 0 Å². The van der Waals surface area contributed by atoms with Crippen LogP contribution in [0.15, 0.2) is 54.6 Å². The zero-order valence-corrected chi connectivity index (χ0v) is 39.5. The number of anilines is 1. The predicted molar refractivity (Wildman–Crippen MR) is 245 cm³/mol. The van der Waals surface area contributed by atoms with Gasteiger partial charge in [0.05, 0.1) is 42.7 Å². The number of carbonyl (C=O) groups excluding carboxylic acids is 5. The second-order valence-electron chi connectivity index (χ2n) is 18.1. The van der Waals surface area contributed by atoms with Gasteiger partial charge in [-0.05, 0) is 74.4 Å². The van der Waals surface area contributed by atoms with Crippen molar-refractivity contribution in [2.24, 2.45) is 23.7 Å². The van der Waals surface area contributed by atoms with Crippen LogP contribution in [0.4, 0.5) is 5.69 Å². The van der Waals surface area contributed by atoms with Crippen molar-refractivity contribution in [3.05, 3.63) is 65.7 Å². The second kappa shape index (κ2) is 24.9. The molecule has 346 valence electrons.